The summed E-state index contributed by atoms with van der Waals surface area (Å²) >= 11 is 0. The molecular weight excluding hydrogens is 461 g/mol. The molecule has 178 valence electrons. The number of rotatable bonds is 5. The van der Waals surface area contributed by atoms with Crippen molar-refractivity contribution in [2.45, 2.75) is 31.1 Å². The van der Waals surface area contributed by atoms with E-state index >= 15 is 0 Å². The van der Waals surface area contributed by atoms with Crippen LogP contribution in [0, 0.1) is 23.7 Å². The summed E-state index contributed by atoms with van der Waals surface area (Å²) in [5.41, 5.74) is 4.17. The number of nitrogens with two attached hydrogens (primary N) is 1. The number of alkyl halides is 5. The van der Waals surface area contributed by atoms with Crippen molar-refractivity contribution in [2.24, 2.45) is 5.73 Å². The second-order valence-corrected chi connectivity index (χ2v) is 7.20. The fourth-order valence-electron chi connectivity index (χ4n) is 2.56. The Hall–Kier alpha value is -3.93. The number of amides is 2. The van der Waals surface area contributed by atoms with Crippen LogP contribution in [0.25, 0.3) is 0 Å². The number of benzene rings is 2. The quantitative estimate of drug-likeness (QED) is 0.229. The van der Waals surface area contributed by atoms with Gasteiger partial charge in [0.1, 0.15) is 11.6 Å². The number of hydroxylamine groups is 1. The summed E-state index contributed by atoms with van der Waals surface area (Å²) in [5, 5.41) is 10.8. The zero-order valence-corrected chi connectivity index (χ0v) is 17.5. The van der Waals surface area contributed by atoms with Crippen LogP contribution in [0.4, 0.5) is 22.0 Å². The molecule has 0 radical (unpaired) electrons. The highest BCUT2D eigenvalue weighted by molar-refractivity contribution is 5.98. The highest BCUT2D eigenvalue weighted by Crippen LogP contribution is 2.28. The van der Waals surface area contributed by atoms with E-state index in [0.29, 0.717) is 11.1 Å². The molecule has 0 aliphatic heterocycles. The van der Waals surface area contributed by atoms with E-state index in [0.717, 1.165) is 19.1 Å². The van der Waals surface area contributed by atoms with Crippen LogP contribution in [0.2, 0.25) is 0 Å². The fourth-order valence-corrected chi connectivity index (χ4v) is 2.56. The average molecular weight is 479 g/mol. The predicted molar refractivity (Wildman–Crippen MR) is 111 cm³/mol. The zero-order chi connectivity index (χ0) is 25.5. The van der Waals surface area contributed by atoms with E-state index in [9.17, 15) is 31.5 Å². The van der Waals surface area contributed by atoms with Crippen molar-refractivity contribution in [3.8, 4) is 23.7 Å². The monoisotopic (exact) mass is 479 g/mol. The first-order chi connectivity index (χ1) is 15.9. The van der Waals surface area contributed by atoms with Gasteiger partial charge < -0.3 is 11.1 Å². The van der Waals surface area contributed by atoms with Gasteiger partial charge in [-0.15, -0.1) is 0 Å². The molecule has 0 aliphatic carbocycles. The first kappa shape index (κ1) is 26.3. The normalized spacial score (nSPS) is 13.4. The number of halogens is 5. The summed E-state index contributed by atoms with van der Waals surface area (Å²) in [6.07, 6.45) is -7.62. The van der Waals surface area contributed by atoms with Gasteiger partial charge >= 0.3 is 6.18 Å². The first-order valence-corrected chi connectivity index (χ1v) is 9.47. The number of hydrogen-bond donors (Lipinski definition) is 4. The summed E-state index contributed by atoms with van der Waals surface area (Å²) < 4.78 is 64.0. The standard InChI is InChI=1S/C23H18F5N3O3/c1-22(29,21(24)25)18(20(33)31-34)30-19(32)16-10-6-14(7-11-16)4-2-3-5-15-8-12-17(13-9-15)23(26,27)28/h6-13,18,21,34H,29H2,1H3,(H,30,32)(H,31,33)/t18-,22?/m1/s1. The second kappa shape index (κ2) is 10.8. The molecular formula is C23H18F5N3O3. The minimum atomic E-state index is -4.44. The Morgan fingerprint density at radius 1 is 0.941 bits per heavy atom. The molecule has 0 aliphatic rings. The van der Waals surface area contributed by atoms with E-state index in [4.69, 9.17) is 10.9 Å². The zero-order valence-electron chi connectivity index (χ0n) is 17.5. The lowest BCUT2D eigenvalue weighted by Crippen LogP contribution is -2.66. The van der Waals surface area contributed by atoms with E-state index in [-0.39, 0.29) is 5.56 Å². The van der Waals surface area contributed by atoms with E-state index in [2.05, 4.69) is 29.0 Å². The maximum absolute atomic E-state index is 13.2. The van der Waals surface area contributed by atoms with E-state index in [1.165, 1.54) is 41.9 Å². The van der Waals surface area contributed by atoms with Crippen molar-refractivity contribution >= 4 is 11.8 Å². The van der Waals surface area contributed by atoms with Crippen LogP contribution >= 0.6 is 0 Å². The van der Waals surface area contributed by atoms with Crippen molar-refractivity contribution in [3.05, 3.63) is 70.8 Å². The number of nitrogens with one attached hydrogen (secondary N) is 2. The maximum atomic E-state index is 13.2. The SMILES string of the molecule is CC(N)(C(F)F)[C@H](NC(=O)c1ccc(C#CC#Cc2ccc(C(F)(F)F)cc2)cc1)C(=O)NO. The highest BCUT2D eigenvalue weighted by atomic mass is 19.4. The van der Waals surface area contributed by atoms with E-state index in [1.54, 1.807) is 0 Å². The Kier molecular flexibility index (Phi) is 8.36. The van der Waals surface area contributed by atoms with Crippen molar-refractivity contribution < 1.29 is 36.7 Å². The van der Waals surface area contributed by atoms with Gasteiger partial charge in [-0.3, -0.25) is 14.8 Å². The number of carbonyl (C=O) groups is 2. The molecule has 1 unspecified atom stereocenters. The van der Waals surface area contributed by atoms with Gasteiger partial charge in [0.25, 0.3) is 18.2 Å². The molecule has 11 heteroatoms. The van der Waals surface area contributed by atoms with Crippen LogP contribution in [0.5, 0.6) is 0 Å². The second-order valence-electron chi connectivity index (χ2n) is 7.20. The lowest BCUT2D eigenvalue weighted by Gasteiger charge is -2.32. The van der Waals surface area contributed by atoms with Crippen LogP contribution in [-0.4, -0.2) is 35.0 Å². The minimum absolute atomic E-state index is 0.00203. The van der Waals surface area contributed by atoms with Crippen molar-refractivity contribution in [1.29, 1.82) is 0 Å². The molecule has 34 heavy (non-hydrogen) atoms. The molecule has 0 saturated carbocycles. The molecule has 2 aromatic carbocycles. The topological polar surface area (TPSA) is 104 Å². The van der Waals surface area contributed by atoms with Gasteiger partial charge in [0.2, 0.25) is 0 Å². The molecule has 5 N–H and O–H groups in total. The van der Waals surface area contributed by atoms with Crippen molar-refractivity contribution in [2.75, 3.05) is 0 Å². The molecule has 0 saturated heterocycles. The summed E-state index contributed by atoms with van der Waals surface area (Å²) in [6, 6.07) is 7.81. The van der Waals surface area contributed by atoms with E-state index < -0.39 is 41.6 Å². The third-order valence-electron chi connectivity index (χ3n) is 4.58. The molecule has 2 aromatic rings. The van der Waals surface area contributed by atoms with Gasteiger partial charge in [0, 0.05) is 16.7 Å². The van der Waals surface area contributed by atoms with Crippen LogP contribution in [0.3, 0.4) is 0 Å². The third-order valence-corrected chi connectivity index (χ3v) is 4.58. The van der Waals surface area contributed by atoms with Gasteiger partial charge in [-0.2, -0.15) is 13.2 Å². The Balaban J connectivity index is 2.09. The van der Waals surface area contributed by atoms with Crippen molar-refractivity contribution in [3.63, 3.8) is 0 Å². The summed E-state index contributed by atoms with van der Waals surface area (Å²) in [6.45, 7) is 0.849. The summed E-state index contributed by atoms with van der Waals surface area (Å²) in [5.74, 6) is 8.07. The Bertz CT molecular complexity index is 1150. The van der Waals surface area contributed by atoms with Gasteiger partial charge in [0.05, 0.1) is 5.56 Å². The predicted octanol–water partition coefficient (Wildman–Crippen LogP) is 2.69. The van der Waals surface area contributed by atoms with Gasteiger partial charge in [0.15, 0.2) is 0 Å². The first-order valence-electron chi connectivity index (χ1n) is 9.47. The van der Waals surface area contributed by atoms with Crippen LogP contribution < -0.4 is 16.5 Å². The summed E-state index contributed by atoms with van der Waals surface area (Å²) in [4.78, 5) is 24.1. The Morgan fingerprint density at radius 3 is 1.82 bits per heavy atom. The molecule has 0 fully saturated rings. The van der Waals surface area contributed by atoms with E-state index in [1.807, 2.05) is 0 Å². The molecule has 0 heterocycles. The van der Waals surface area contributed by atoms with Crippen LogP contribution in [-0.2, 0) is 11.0 Å². The largest absolute Gasteiger partial charge is 0.416 e. The van der Waals surface area contributed by atoms with Crippen LogP contribution in [0.15, 0.2) is 48.5 Å². The number of carbonyl (C=O) groups excluding carboxylic acids is 2. The molecule has 6 nitrogen and oxygen atoms in total. The molecule has 0 aromatic heterocycles. The molecule has 0 spiro atoms. The van der Waals surface area contributed by atoms with Gasteiger partial charge in [-0.05, 0) is 67.3 Å². The lowest BCUT2D eigenvalue weighted by molar-refractivity contribution is -0.137. The number of hydrogen-bond acceptors (Lipinski definition) is 4. The average Bonchev–Trinajstić information content (AvgIpc) is 2.79. The molecule has 2 rings (SSSR count). The maximum Gasteiger partial charge on any atom is 0.416 e. The van der Waals surface area contributed by atoms with Crippen molar-refractivity contribution in [1.82, 2.24) is 10.8 Å². The lowest BCUT2D eigenvalue weighted by atomic mass is 9.92. The minimum Gasteiger partial charge on any atom is -0.338 e. The highest BCUT2D eigenvalue weighted by Gasteiger charge is 2.44. The summed E-state index contributed by atoms with van der Waals surface area (Å²) in [7, 11) is 0. The molecule has 2 atom stereocenters. The van der Waals surface area contributed by atoms with Gasteiger partial charge in [-0.25, -0.2) is 14.3 Å². The molecule has 0 bridgehead atoms. The molecule has 2 amide bonds. The van der Waals surface area contributed by atoms with Crippen LogP contribution in [0.1, 0.15) is 34.0 Å². The third kappa shape index (κ3) is 6.78. The Morgan fingerprint density at radius 2 is 1.41 bits per heavy atom. The van der Waals surface area contributed by atoms with Gasteiger partial charge in [-0.1, -0.05) is 11.8 Å². The smallest absolute Gasteiger partial charge is 0.338 e. The fraction of sp³-hybridized carbons (Fsp3) is 0.217. The Labute approximate surface area is 191 Å².